The Morgan fingerprint density at radius 3 is 2.89 bits per heavy atom. The zero-order valence-electron chi connectivity index (χ0n) is 11.1. The number of nitrogen functional groups attached to an aromatic ring is 1. The molecule has 0 bridgehead atoms. The molecule has 102 valence electrons. The van der Waals surface area contributed by atoms with E-state index in [2.05, 4.69) is 5.32 Å². The van der Waals surface area contributed by atoms with Crippen LogP contribution >= 0.6 is 11.8 Å². The smallest absolute Gasteiger partial charge is 0.268 e. The molecule has 1 aromatic rings. The minimum atomic E-state index is -0.899. The summed E-state index contributed by atoms with van der Waals surface area (Å²) in [5, 5.41) is 12.7. The lowest BCUT2D eigenvalue weighted by Crippen LogP contribution is -2.42. The van der Waals surface area contributed by atoms with E-state index in [4.69, 9.17) is 5.73 Å². The van der Waals surface area contributed by atoms with Gasteiger partial charge in [-0.2, -0.15) is 11.8 Å². The average Bonchev–Trinajstić information content (AvgIpc) is 2.67. The maximum absolute atomic E-state index is 12.0. The molecule has 0 saturated carbocycles. The van der Waals surface area contributed by atoms with Gasteiger partial charge in [0, 0.05) is 25.0 Å². The molecule has 1 atom stereocenters. The van der Waals surface area contributed by atoms with E-state index < -0.39 is 5.60 Å². The molecule has 0 fully saturated rings. The van der Waals surface area contributed by atoms with E-state index in [0.717, 1.165) is 0 Å². The zero-order valence-corrected chi connectivity index (χ0v) is 11.9. The van der Waals surface area contributed by atoms with Crippen molar-refractivity contribution in [3.05, 3.63) is 18.0 Å². The first-order chi connectivity index (χ1) is 8.39. The summed E-state index contributed by atoms with van der Waals surface area (Å²) in [7, 11) is 0. The van der Waals surface area contributed by atoms with Crippen LogP contribution in [-0.2, 0) is 6.54 Å². The molecule has 0 aromatic carbocycles. The summed E-state index contributed by atoms with van der Waals surface area (Å²) in [5.41, 5.74) is 5.86. The van der Waals surface area contributed by atoms with Crippen molar-refractivity contribution >= 4 is 23.4 Å². The highest BCUT2D eigenvalue weighted by Crippen LogP contribution is 2.12. The van der Waals surface area contributed by atoms with Crippen molar-refractivity contribution < 1.29 is 9.90 Å². The van der Waals surface area contributed by atoms with E-state index in [0.29, 0.717) is 23.7 Å². The van der Waals surface area contributed by atoms with Crippen LogP contribution in [0.5, 0.6) is 0 Å². The Balaban J connectivity index is 2.65. The Kier molecular flexibility index (Phi) is 5.10. The number of thioether (sulfide) groups is 1. The third-order valence-electron chi connectivity index (χ3n) is 2.58. The van der Waals surface area contributed by atoms with Gasteiger partial charge < -0.3 is 20.7 Å². The number of rotatable bonds is 6. The summed E-state index contributed by atoms with van der Waals surface area (Å²) in [6.45, 7) is 4.56. The van der Waals surface area contributed by atoms with Crippen LogP contribution in [0, 0.1) is 0 Å². The lowest BCUT2D eigenvalue weighted by molar-refractivity contribution is 0.0720. The predicted octanol–water partition coefficient (Wildman–Crippen LogP) is 0.934. The molecule has 6 heteroatoms. The quantitative estimate of drug-likeness (QED) is 0.719. The van der Waals surface area contributed by atoms with Crippen LogP contribution in [0.25, 0.3) is 0 Å². The van der Waals surface area contributed by atoms with Crippen LogP contribution in [0.1, 0.15) is 24.3 Å². The number of hydrogen-bond acceptors (Lipinski definition) is 4. The van der Waals surface area contributed by atoms with Gasteiger partial charge in [-0.3, -0.25) is 4.79 Å². The van der Waals surface area contributed by atoms with Gasteiger partial charge in [-0.25, -0.2) is 0 Å². The van der Waals surface area contributed by atoms with Gasteiger partial charge in [0.1, 0.15) is 5.69 Å². The largest absolute Gasteiger partial charge is 0.397 e. The number of nitrogens with zero attached hydrogens (tertiary/aromatic N) is 1. The Morgan fingerprint density at radius 2 is 2.33 bits per heavy atom. The summed E-state index contributed by atoms with van der Waals surface area (Å²) in [4.78, 5) is 12.0. The Hall–Kier alpha value is -1.14. The second-order valence-corrected chi connectivity index (χ2v) is 5.42. The van der Waals surface area contributed by atoms with E-state index in [-0.39, 0.29) is 12.5 Å². The van der Waals surface area contributed by atoms with Gasteiger partial charge in [0.2, 0.25) is 0 Å². The third kappa shape index (κ3) is 3.96. The van der Waals surface area contributed by atoms with Crippen molar-refractivity contribution in [1.82, 2.24) is 9.88 Å². The van der Waals surface area contributed by atoms with Crippen LogP contribution in [0.15, 0.2) is 12.3 Å². The summed E-state index contributed by atoms with van der Waals surface area (Å²) in [5.74, 6) is 0.361. The number of aliphatic hydroxyl groups is 1. The van der Waals surface area contributed by atoms with E-state index in [9.17, 15) is 9.90 Å². The number of carbonyl (C=O) groups is 1. The topological polar surface area (TPSA) is 80.3 Å². The maximum Gasteiger partial charge on any atom is 0.268 e. The van der Waals surface area contributed by atoms with Crippen molar-refractivity contribution in [2.75, 3.05) is 24.3 Å². The first-order valence-electron chi connectivity index (χ1n) is 5.85. The minimum absolute atomic E-state index is 0.213. The van der Waals surface area contributed by atoms with Gasteiger partial charge in [-0.15, -0.1) is 0 Å². The third-order valence-corrected chi connectivity index (χ3v) is 3.49. The monoisotopic (exact) mass is 271 g/mol. The lowest BCUT2D eigenvalue weighted by atomic mass is 10.1. The molecule has 0 aliphatic rings. The SMILES string of the molecule is CCn1cc(N)cc1C(=O)NCC(C)(O)CSC. The number of anilines is 1. The predicted molar refractivity (Wildman–Crippen MR) is 75.9 cm³/mol. The van der Waals surface area contributed by atoms with Gasteiger partial charge in [0.05, 0.1) is 11.3 Å². The molecular weight excluding hydrogens is 250 g/mol. The Morgan fingerprint density at radius 1 is 1.67 bits per heavy atom. The summed E-state index contributed by atoms with van der Waals surface area (Å²) < 4.78 is 1.79. The zero-order chi connectivity index (χ0) is 13.8. The molecule has 0 aliphatic heterocycles. The highest BCUT2D eigenvalue weighted by atomic mass is 32.2. The van der Waals surface area contributed by atoms with Crippen molar-refractivity contribution in [3.8, 4) is 0 Å². The van der Waals surface area contributed by atoms with E-state index in [1.54, 1.807) is 35.5 Å². The fourth-order valence-corrected chi connectivity index (χ4v) is 2.43. The van der Waals surface area contributed by atoms with Gasteiger partial charge >= 0.3 is 0 Å². The average molecular weight is 271 g/mol. The normalized spacial score (nSPS) is 14.2. The molecule has 5 nitrogen and oxygen atoms in total. The molecule has 1 aromatic heterocycles. The second-order valence-electron chi connectivity index (χ2n) is 4.56. The van der Waals surface area contributed by atoms with Gasteiger partial charge in [0.25, 0.3) is 5.91 Å². The second kappa shape index (κ2) is 6.15. The van der Waals surface area contributed by atoms with Crippen LogP contribution in [-0.4, -0.2) is 39.7 Å². The fourth-order valence-electron chi connectivity index (χ4n) is 1.71. The number of aromatic nitrogens is 1. The van der Waals surface area contributed by atoms with E-state index in [1.165, 1.54) is 0 Å². The summed E-state index contributed by atoms with van der Waals surface area (Å²) in [6.07, 6.45) is 3.65. The molecular formula is C12H21N3O2S. The molecule has 0 saturated heterocycles. The Bertz CT molecular complexity index is 415. The molecule has 1 amide bonds. The van der Waals surface area contributed by atoms with Crippen LogP contribution in [0.2, 0.25) is 0 Å². The van der Waals surface area contributed by atoms with E-state index >= 15 is 0 Å². The molecule has 1 unspecified atom stereocenters. The Labute approximate surface area is 112 Å². The molecule has 1 heterocycles. The van der Waals surface area contributed by atoms with Crippen LogP contribution in [0.3, 0.4) is 0 Å². The maximum atomic E-state index is 12.0. The van der Waals surface area contributed by atoms with Crippen molar-refractivity contribution in [2.45, 2.75) is 26.0 Å². The molecule has 0 spiro atoms. The van der Waals surface area contributed by atoms with Crippen LogP contribution in [0.4, 0.5) is 5.69 Å². The van der Waals surface area contributed by atoms with Gasteiger partial charge in [0.15, 0.2) is 0 Å². The lowest BCUT2D eigenvalue weighted by Gasteiger charge is -2.22. The number of carbonyl (C=O) groups excluding carboxylic acids is 1. The van der Waals surface area contributed by atoms with Gasteiger partial charge in [-0.05, 0) is 26.2 Å². The first-order valence-corrected chi connectivity index (χ1v) is 7.24. The fraction of sp³-hybridized carbons (Fsp3) is 0.583. The highest BCUT2D eigenvalue weighted by molar-refractivity contribution is 7.98. The van der Waals surface area contributed by atoms with E-state index in [1.807, 2.05) is 13.2 Å². The van der Waals surface area contributed by atoms with Crippen molar-refractivity contribution in [1.29, 1.82) is 0 Å². The molecule has 0 aliphatic carbocycles. The molecule has 0 radical (unpaired) electrons. The number of amides is 1. The van der Waals surface area contributed by atoms with Gasteiger partial charge in [-0.1, -0.05) is 0 Å². The highest BCUT2D eigenvalue weighted by Gasteiger charge is 2.21. The summed E-state index contributed by atoms with van der Waals surface area (Å²) >= 11 is 1.54. The molecule has 4 N–H and O–H groups in total. The first kappa shape index (κ1) is 14.9. The van der Waals surface area contributed by atoms with Crippen molar-refractivity contribution in [3.63, 3.8) is 0 Å². The minimum Gasteiger partial charge on any atom is -0.397 e. The molecule has 18 heavy (non-hydrogen) atoms. The number of aryl methyl sites for hydroxylation is 1. The number of nitrogens with one attached hydrogen (secondary N) is 1. The molecule has 1 rings (SSSR count). The van der Waals surface area contributed by atoms with Crippen molar-refractivity contribution in [2.24, 2.45) is 0 Å². The standard InChI is InChI=1S/C12H21N3O2S/c1-4-15-6-9(13)5-10(15)11(16)14-7-12(2,17)8-18-3/h5-6,17H,4,7-8,13H2,1-3H3,(H,14,16). The number of hydrogen-bond donors (Lipinski definition) is 3. The summed E-state index contributed by atoms with van der Waals surface area (Å²) in [6, 6.07) is 1.64. The number of nitrogens with two attached hydrogens (primary N) is 1. The van der Waals surface area contributed by atoms with Crippen LogP contribution < -0.4 is 11.1 Å².